The molecule has 2 N–H and O–H groups in total. The maximum atomic E-state index is 14.3. The quantitative estimate of drug-likeness (QED) is 0.887. The predicted octanol–water partition coefficient (Wildman–Crippen LogP) is 1.59. The number of hydrogen-bond acceptors (Lipinski definition) is 5. The SMILES string of the molecule is CCS(=O)(=O)C1CSCCN1Cc1cccc(CN)c1F. The molecule has 1 unspecified atom stereocenters. The van der Waals surface area contributed by atoms with E-state index in [9.17, 15) is 12.8 Å². The van der Waals surface area contributed by atoms with Crippen molar-refractivity contribution in [3.8, 4) is 0 Å². The Morgan fingerprint density at radius 3 is 2.81 bits per heavy atom. The average molecular weight is 332 g/mol. The van der Waals surface area contributed by atoms with Gasteiger partial charge in [0.25, 0.3) is 0 Å². The van der Waals surface area contributed by atoms with Gasteiger partial charge >= 0.3 is 0 Å². The number of thioether (sulfide) groups is 1. The molecule has 1 saturated heterocycles. The highest BCUT2D eigenvalue weighted by Crippen LogP contribution is 2.24. The van der Waals surface area contributed by atoms with E-state index in [1.165, 1.54) is 0 Å². The first-order chi connectivity index (χ1) is 9.99. The van der Waals surface area contributed by atoms with Crippen molar-refractivity contribution in [2.75, 3.05) is 23.8 Å². The summed E-state index contributed by atoms with van der Waals surface area (Å²) in [5.74, 6) is 1.22. The van der Waals surface area contributed by atoms with Crippen LogP contribution in [0.4, 0.5) is 4.39 Å². The van der Waals surface area contributed by atoms with Crippen molar-refractivity contribution in [1.82, 2.24) is 4.90 Å². The van der Waals surface area contributed by atoms with Crippen molar-refractivity contribution in [1.29, 1.82) is 0 Å². The molecule has 1 fully saturated rings. The van der Waals surface area contributed by atoms with Gasteiger partial charge in [-0.1, -0.05) is 25.1 Å². The normalized spacial score (nSPS) is 20.6. The lowest BCUT2D eigenvalue weighted by molar-refractivity contribution is 0.258. The van der Waals surface area contributed by atoms with E-state index < -0.39 is 15.2 Å². The van der Waals surface area contributed by atoms with Gasteiger partial charge < -0.3 is 5.73 Å². The van der Waals surface area contributed by atoms with Crippen LogP contribution in [0, 0.1) is 5.82 Å². The molecule has 0 bridgehead atoms. The van der Waals surface area contributed by atoms with Gasteiger partial charge in [0, 0.05) is 48.0 Å². The topological polar surface area (TPSA) is 63.4 Å². The van der Waals surface area contributed by atoms with Crippen LogP contribution in [-0.2, 0) is 22.9 Å². The summed E-state index contributed by atoms with van der Waals surface area (Å²) in [6, 6.07) is 5.12. The minimum atomic E-state index is -3.16. The Morgan fingerprint density at radius 1 is 1.43 bits per heavy atom. The molecule has 0 aliphatic carbocycles. The van der Waals surface area contributed by atoms with Crippen LogP contribution < -0.4 is 5.73 Å². The van der Waals surface area contributed by atoms with Crippen molar-refractivity contribution in [3.05, 3.63) is 35.1 Å². The second kappa shape index (κ2) is 7.09. The van der Waals surface area contributed by atoms with E-state index in [2.05, 4.69) is 0 Å². The highest BCUT2D eigenvalue weighted by Gasteiger charge is 2.33. The molecular formula is C14H21FN2O2S2. The van der Waals surface area contributed by atoms with Gasteiger partial charge in [-0.25, -0.2) is 12.8 Å². The third-order valence-electron chi connectivity index (χ3n) is 3.76. The molecule has 118 valence electrons. The van der Waals surface area contributed by atoms with Crippen LogP contribution in [0.1, 0.15) is 18.1 Å². The molecule has 1 atom stereocenters. The van der Waals surface area contributed by atoms with Gasteiger partial charge in [0.2, 0.25) is 0 Å². The fourth-order valence-electron chi connectivity index (χ4n) is 2.45. The largest absolute Gasteiger partial charge is 0.326 e. The zero-order valence-corrected chi connectivity index (χ0v) is 13.7. The monoisotopic (exact) mass is 332 g/mol. The molecule has 2 rings (SSSR count). The van der Waals surface area contributed by atoms with Gasteiger partial charge in [-0.2, -0.15) is 11.8 Å². The maximum absolute atomic E-state index is 14.3. The minimum Gasteiger partial charge on any atom is -0.326 e. The number of nitrogens with zero attached hydrogens (tertiary/aromatic N) is 1. The van der Waals surface area contributed by atoms with E-state index >= 15 is 0 Å². The van der Waals surface area contributed by atoms with Gasteiger partial charge in [0.1, 0.15) is 11.2 Å². The molecule has 21 heavy (non-hydrogen) atoms. The average Bonchev–Trinajstić information content (AvgIpc) is 2.50. The number of nitrogens with two attached hydrogens (primary N) is 1. The molecule has 1 aromatic carbocycles. The fourth-order valence-corrected chi connectivity index (χ4v) is 5.53. The Bertz CT molecular complexity index is 593. The number of benzene rings is 1. The predicted molar refractivity (Wildman–Crippen MR) is 85.3 cm³/mol. The fraction of sp³-hybridized carbons (Fsp3) is 0.571. The molecule has 7 heteroatoms. The highest BCUT2D eigenvalue weighted by atomic mass is 32.2. The van der Waals surface area contributed by atoms with E-state index in [4.69, 9.17) is 5.73 Å². The molecule has 4 nitrogen and oxygen atoms in total. The number of hydrogen-bond donors (Lipinski definition) is 1. The van der Waals surface area contributed by atoms with E-state index in [0.29, 0.717) is 30.0 Å². The van der Waals surface area contributed by atoms with E-state index in [1.54, 1.807) is 36.9 Å². The summed E-state index contributed by atoms with van der Waals surface area (Å²) >= 11 is 1.64. The Labute approximate surface area is 129 Å². The van der Waals surface area contributed by atoms with Gasteiger partial charge in [-0.15, -0.1) is 0 Å². The van der Waals surface area contributed by atoms with Crippen LogP contribution in [0.2, 0.25) is 0 Å². The maximum Gasteiger partial charge on any atom is 0.166 e. The highest BCUT2D eigenvalue weighted by molar-refractivity contribution is 8.01. The van der Waals surface area contributed by atoms with Crippen LogP contribution in [0.15, 0.2) is 18.2 Å². The lowest BCUT2D eigenvalue weighted by atomic mass is 10.1. The van der Waals surface area contributed by atoms with E-state index in [-0.39, 0.29) is 18.1 Å². The summed E-state index contributed by atoms with van der Waals surface area (Å²) in [5, 5.41) is -0.526. The summed E-state index contributed by atoms with van der Waals surface area (Å²) in [7, 11) is -3.16. The van der Waals surface area contributed by atoms with Gasteiger partial charge in [0.15, 0.2) is 9.84 Å². The molecule has 0 aromatic heterocycles. The Morgan fingerprint density at radius 2 is 2.14 bits per heavy atom. The molecular weight excluding hydrogens is 311 g/mol. The van der Waals surface area contributed by atoms with Crippen molar-refractivity contribution in [2.45, 2.75) is 25.4 Å². The third-order valence-corrected chi connectivity index (χ3v) is 7.09. The Kier molecular flexibility index (Phi) is 5.65. The number of sulfone groups is 1. The van der Waals surface area contributed by atoms with Crippen molar-refractivity contribution >= 4 is 21.6 Å². The Hall–Kier alpha value is -0.630. The summed E-state index contributed by atoms with van der Waals surface area (Å²) in [4.78, 5) is 1.87. The van der Waals surface area contributed by atoms with Gasteiger partial charge in [0.05, 0.1) is 0 Å². The van der Waals surface area contributed by atoms with Crippen molar-refractivity contribution in [2.24, 2.45) is 5.73 Å². The van der Waals surface area contributed by atoms with Crippen LogP contribution in [0.3, 0.4) is 0 Å². The molecule has 0 radical (unpaired) electrons. The smallest absolute Gasteiger partial charge is 0.166 e. The van der Waals surface area contributed by atoms with Crippen LogP contribution >= 0.6 is 11.8 Å². The second-order valence-corrected chi connectivity index (χ2v) is 8.64. The van der Waals surface area contributed by atoms with Crippen LogP contribution in [-0.4, -0.2) is 42.5 Å². The minimum absolute atomic E-state index is 0.111. The van der Waals surface area contributed by atoms with Crippen LogP contribution in [0.25, 0.3) is 0 Å². The molecule has 1 aliphatic heterocycles. The van der Waals surface area contributed by atoms with Gasteiger partial charge in [-0.05, 0) is 0 Å². The standard InChI is InChI=1S/C14H21FN2O2S2/c1-2-21(18,19)13-10-20-7-6-17(13)9-12-5-3-4-11(8-16)14(12)15/h3-5,13H,2,6-10,16H2,1H3. The van der Waals surface area contributed by atoms with Gasteiger partial charge in [-0.3, -0.25) is 4.90 Å². The molecule has 1 aliphatic rings. The molecule has 0 amide bonds. The first kappa shape index (κ1) is 16.7. The van der Waals surface area contributed by atoms with E-state index in [1.807, 2.05) is 4.90 Å². The summed E-state index contributed by atoms with van der Waals surface area (Å²) in [6.07, 6.45) is 0. The van der Waals surface area contributed by atoms with Crippen LogP contribution in [0.5, 0.6) is 0 Å². The lowest BCUT2D eigenvalue weighted by Gasteiger charge is -2.34. The first-order valence-corrected chi connectivity index (χ1v) is 9.86. The first-order valence-electron chi connectivity index (χ1n) is 6.99. The molecule has 1 aromatic rings. The lowest BCUT2D eigenvalue weighted by Crippen LogP contribution is -2.47. The molecule has 0 saturated carbocycles. The van der Waals surface area contributed by atoms with Crippen molar-refractivity contribution < 1.29 is 12.8 Å². The summed E-state index contributed by atoms with van der Waals surface area (Å²) in [6.45, 7) is 2.76. The van der Waals surface area contributed by atoms with E-state index in [0.717, 1.165) is 5.75 Å². The summed E-state index contributed by atoms with van der Waals surface area (Å²) in [5.41, 5.74) is 6.50. The summed E-state index contributed by atoms with van der Waals surface area (Å²) < 4.78 is 38.7. The Balaban J connectivity index is 2.24. The van der Waals surface area contributed by atoms with Crippen molar-refractivity contribution in [3.63, 3.8) is 0 Å². The zero-order chi connectivity index (χ0) is 15.5. The zero-order valence-electron chi connectivity index (χ0n) is 12.1. The number of halogens is 1. The second-order valence-electron chi connectivity index (χ2n) is 5.05. The molecule has 1 heterocycles. The number of rotatable bonds is 5. The third kappa shape index (κ3) is 3.77. The molecule has 0 spiro atoms.